The van der Waals surface area contributed by atoms with Crippen molar-refractivity contribution in [1.29, 1.82) is 0 Å². The van der Waals surface area contributed by atoms with Crippen LogP contribution in [0.2, 0.25) is 0 Å². The first-order valence-corrected chi connectivity index (χ1v) is 11.4. The van der Waals surface area contributed by atoms with E-state index in [9.17, 15) is 19.5 Å². The van der Waals surface area contributed by atoms with Crippen LogP contribution in [0.4, 0.5) is 0 Å². The van der Waals surface area contributed by atoms with E-state index >= 15 is 0 Å². The van der Waals surface area contributed by atoms with Crippen molar-refractivity contribution in [1.82, 2.24) is 8.75 Å². The maximum atomic E-state index is 13.7. The number of ether oxygens (including phenoxy) is 2. The van der Waals surface area contributed by atoms with Crippen LogP contribution in [0.15, 0.2) is 72.3 Å². The quantitative estimate of drug-likeness (QED) is 0.241. The Kier molecular flexibility index (Phi) is 7.36. The molecule has 4 aromatic rings. The molecule has 0 radical (unpaired) electrons. The fourth-order valence-electron chi connectivity index (χ4n) is 3.68. The fraction of sp³-hybridized carbons (Fsp3) is 0.115. The molecule has 0 amide bonds. The monoisotopic (exact) mass is 504 g/mol. The number of fused-ring (bicyclic) bond motifs is 1. The Bertz CT molecular complexity index is 1480. The Balaban J connectivity index is 1.90. The van der Waals surface area contributed by atoms with Crippen LogP contribution in [-0.2, 0) is 16.0 Å². The van der Waals surface area contributed by atoms with Crippen LogP contribution in [0.5, 0.6) is 11.5 Å². The first-order chi connectivity index (χ1) is 17.4. The van der Waals surface area contributed by atoms with E-state index in [1.165, 1.54) is 13.2 Å². The van der Waals surface area contributed by atoms with Crippen LogP contribution < -0.4 is 9.47 Å². The van der Waals surface area contributed by atoms with Crippen molar-refractivity contribution in [3.8, 4) is 11.5 Å². The number of carbonyl (C=O) groups excluding carboxylic acids is 1. The number of hydrogen-bond acceptors (Lipinski definition) is 8. The van der Waals surface area contributed by atoms with Crippen LogP contribution in [0.3, 0.4) is 0 Å². The summed E-state index contributed by atoms with van der Waals surface area (Å²) < 4.78 is 19.0. The van der Waals surface area contributed by atoms with E-state index in [0.717, 1.165) is 11.7 Å². The van der Waals surface area contributed by atoms with Gasteiger partial charge in [0.05, 0.1) is 24.4 Å². The van der Waals surface area contributed by atoms with Crippen molar-refractivity contribution >= 4 is 46.1 Å². The maximum Gasteiger partial charge on any atom is 0.341 e. The fourth-order valence-corrected chi connectivity index (χ4v) is 4.20. The number of carbonyl (C=O) groups is 3. The highest BCUT2D eigenvalue weighted by molar-refractivity contribution is 7.00. The van der Waals surface area contributed by atoms with Gasteiger partial charge in [-0.3, -0.25) is 4.79 Å². The molecule has 4 rings (SSSR count). The van der Waals surface area contributed by atoms with Crippen LogP contribution in [0.25, 0.3) is 16.6 Å². The molecule has 0 spiro atoms. The molecule has 0 saturated heterocycles. The summed E-state index contributed by atoms with van der Waals surface area (Å²) in [5, 5.41) is 19.3. The molecule has 0 fully saturated rings. The van der Waals surface area contributed by atoms with Gasteiger partial charge in [-0.2, -0.15) is 8.75 Å². The van der Waals surface area contributed by atoms with Crippen molar-refractivity contribution in [2.45, 2.75) is 6.42 Å². The summed E-state index contributed by atoms with van der Waals surface area (Å²) in [7, 11) is 1.45. The molecule has 0 aliphatic heterocycles. The molecule has 0 saturated carbocycles. The Morgan fingerprint density at radius 1 is 0.889 bits per heavy atom. The smallest absolute Gasteiger partial charge is 0.341 e. The molecule has 10 heteroatoms. The topological polar surface area (TPSA) is 136 Å². The number of rotatable bonds is 10. The molecule has 36 heavy (non-hydrogen) atoms. The molecule has 3 aromatic carbocycles. The van der Waals surface area contributed by atoms with Crippen molar-refractivity contribution < 1.29 is 34.1 Å². The Morgan fingerprint density at radius 2 is 1.64 bits per heavy atom. The van der Waals surface area contributed by atoms with E-state index in [4.69, 9.17) is 14.6 Å². The number of carboxylic acids is 2. The molecule has 9 nitrogen and oxygen atoms in total. The third-order valence-electron chi connectivity index (χ3n) is 5.36. The molecule has 0 aliphatic carbocycles. The summed E-state index contributed by atoms with van der Waals surface area (Å²) in [4.78, 5) is 37.4. The minimum atomic E-state index is -1.29. The van der Waals surface area contributed by atoms with Gasteiger partial charge in [-0.05, 0) is 29.3 Å². The molecule has 182 valence electrons. The van der Waals surface area contributed by atoms with Gasteiger partial charge in [0.25, 0.3) is 0 Å². The molecule has 0 aliphatic rings. The van der Waals surface area contributed by atoms with E-state index < -0.39 is 24.3 Å². The summed E-state index contributed by atoms with van der Waals surface area (Å²) in [5.41, 5.74) is 1.96. The summed E-state index contributed by atoms with van der Waals surface area (Å²) in [6.45, 7) is -0.620. The molecule has 0 atom stereocenters. The lowest BCUT2D eigenvalue weighted by molar-refractivity contribution is -0.139. The van der Waals surface area contributed by atoms with Gasteiger partial charge in [0.15, 0.2) is 12.4 Å². The Labute approximate surface area is 209 Å². The maximum absolute atomic E-state index is 13.7. The zero-order valence-electron chi connectivity index (χ0n) is 19.0. The van der Waals surface area contributed by atoms with Gasteiger partial charge >= 0.3 is 11.9 Å². The van der Waals surface area contributed by atoms with E-state index in [-0.39, 0.29) is 23.3 Å². The number of benzene rings is 3. The van der Waals surface area contributed by atoms with Crippen LogP contribution >= 0.6 is 11.7 Å². The number of methoxy groups -OCH3 is 1. The molecule has 0 unspecified atom stereocenters. The highest BCUT2D eigenvalue weighted by Crippen LogP contribution is 2.32. The summed E-state index contributed by atoms with van der Waals surface area (Å²) in [5.74, 6) is -2.38. The number of aromatic nitrogens is 2. The number of Topliss-reactive ketones (excluding diaryl/α,β-unsaturated/α-hetero) is 1. The van der Waals surface area contributed by atoms with Gasteiger partial charge in [0, 0.05) is 23.6 Å². The third-order valence-corrected chi connectivity index (χ3v) is 5.92. The number of nitrogens with zero attached hydrogens (tertiary/aromatic N) is 2. The number of aliphatic carboxylic acids is 2. The van der Waals surface area contributed by atoms with E-state index in [2.05, 4.69) is 8.75 Å². The van der Waals surface area contributed by atoms with Crippen LogP contribution in [0, 0.1) is 0 Å². The van der Waals surface area contributed by atoms with Crippen molar-refractivity contribution in [3.05, 3.63) is 89.0 Å². The summed E-state index contributed by atoms with van der Waals surface area (Å²) in [6.07, 6.45) is -0.137. The number of hydrogen-bond donors (Lipinski definition) is 2. The molecule has 1 aromatic heterocycles. The predicted molar refractivity (Wildman–Crippen MR) is 133 cm³/mol. The SMILES string of the molecule is COc1ccc(CC(C(=O)c2ccccc2)=C(C(=O)O)c2ccc3nsnc3c2)c(OCC(=O)O)c1. The third kappa shape index (κ3) is 5.39. The van der Waals surface area contributed by atoms with E-state index in [1.54, 1.807) is 60.7 Å². The Hall–Kier alpha value is -4.57. The lowest BCUT2D eigenvalue weighted by Crippen LogP contribution is -2.15. The first-order valence-electron chi connectivity index (χ1n) is 10.7. The molecule has 2 N–H and O–H groups in total. The molecule has 1 heterocycles. The second kappa shape index (κ2) is 10.8. The highest BCUT2D eigenvalue weighted by Gasteiger charge is 2.25. The standard InChI is InChI=1S/C26H20N2O7S/c1-34-18-9-7-16(22(13-18)35-14-23(29)30)11-19(25(31)15-5-3-2-4-6-15)24(26(32)33)17-8-10-20-21(12-17)28-36-27-20/h2-10,12-13H,11,14H2,1H3,(H,29,30)(H,32,33). The average Bonchev–Trinajstić information content (AvgIpc) is 3.35. The summed E-state index contributed by atoms with van der Waals surface area (Å²) in [6, 6.07) is 17.9. The molecule has 0 bridgehead atoms. The minimum Gasteiger partial charge on any atom is -0.497 e. The predicted octanol–water partition coefficient (Wildman–Crippen LogP) is 4.13. The normalized spacial score (nSPS) is 11.6. The highest BCUT2D eigenvalue weighted by atomic mass is 32.1. The zero-order valence-corrected chi connectivity index (χ0v) is 19.8. The number of carboxylic acid groups (broad SMARTS) is 2. The number of ketones is 1. The zero-order chi connectivity index (χ0) is 25.7. The van der Waals surface area contributed by atoms with Gasteiger partial charge in [-0.1, -0.05) is 42.5 Å². The van der Waals surface area contributed by atoms with E-state index in [0.29, 0.717) is 33.5 Å². The molecular weight excluding hydrogens is 484 g/mol. The minimum absolute atomic E-state index is 0.00146. The van der Waals surface area contributed by atoms with Crippen molar-refractivity contribution in [2.75, 3.05) is 13.7 Å². The van der Waals surface area contributed by atoms with Crippen LogP contribution in [0.1, 0.15) is 21.5 Å². The van der Waals surface area contributed by atoms with Gasteiger partial charge in [0.1, 0.15) is 22.5 Å². The largest absolute Gasteiger partial charge is 0.497 e. The number of allylic oxidation sites excluding steroid dienone is 1. The van der Waals surface area contributed by atoms with Gasteiger partial charge in [-0.25, -0.2) is 9.59 Å². The molecular formula is C26H20N2O7S. The lowest BCUT2D eigenvalue weighted by Gasteiger charge is -2.16. The second-order valence-corrected chi connectivity index (χ2v) is 8.18. The van der Waals surface area contributed by atoms with Crippen molar-refractivity contribution in [3.63, 3.8) is 0 Å². The van der Waals surface area contributed by atoms with Gasteiger partial charge in [-0.15, -0.1) is 0 Å². The average molecular weight is 505 g/mol. The van der Waals surface area contributed by atoms with E-state index in [1.807, 2.05) is 0 Å². The van der Waals surface area contributed by atoms with Gasteiger partial charge < -0.3 is 19.7 Å². The first kappa shape index (κ1) is 24.6. The lowest BCUT2D eigenvalue weighted by atomic mass is 9.89. The van der Waals surface area contributed by atoms with Gasteiger partial charge in [0.2, 0.25) is 0 Å². The van der Waals surface area contributed by atoms with Crippen molar-refractivity contribution in [2.24, 2.45) is 0 Å². The Morgan fingerprint density at radius 3 is 2.33 bits per heavy atom. The van der Waals surface area contributed by atoms with Crippen LogP contribution in [-0.4, -0.2) is 50.4 Å². The second-order valence-electron chi connectivity index (χ2n) is 7.65. The summed E-state index contributed by atoms with van der Waals surface area (Å²) >= 11 is 1.00.